The summed E-state index contributed by atoms with van der Waals surface area (Å²) in [6.07, 6.45) is 0. The third kappa shape index (κ3) is 3.36. The Kier molecular flexibility index (Phi) is 5.39. The third-order valence-corrected chi connectivity index (χ3v) is 4.96. The fourth-order valence-electron chi connectivity index (χ4n) is 2.78. The third-order valence-electron chi connectivity index (χ3n) is 4.07. The maximum Gasteiger partial charge on any atom is 0.278 e. The van der Waals surface area contributed by atoms with Crippen LogP contribution in [0, 0.1) is 6.92 Å². The highest BCUT2D eigenvalue weighted by Crippen LogP contribution is 2.35. The quantitative estimate of drug-likeness (QED) is 0.757. The molecule has 6 nitrogen and oxygen atoms in total. The van der Waals surface area contributed by atoms with Crippen LogP contribution < -0.4 is 10.1 Å². The lowest BCUT2D eigenvalue weighted by Gasteiger charge is -2.15. The number of rotatable bonds is 7. The van der Waals surface area contributed by atoms with Gasteiger partial charge in [0, 0.05) is 12.0 Å². The molecule has 0 saturated heterocycles. The molecule has 0 saturated carbocycles. The molecule has 2 aromatic rings. The maximum absolute atomic E-state index is 12.9. The second kappa shape index (κ2) is 7.72. The SMILES string of the molecule is COCCN1C(=O)C(Nc2cc(C)ccc2OC)=C(c2cccs2)C1=O. The number of thiophene rings is 1. The molecule has 26 heavy (non-hydrogen) atoms. The van der Waals surface area contributed by atoms with E-state index in [9.17, 15) is 9.59 Å². The summed E-state index contributed by atoms with van der Waals surface area (Å²) in [6.45, 7) is 2.45. The first kappa shape index (κ1) is 18.2. The number of anilines is 1. The number of carbonyl (C=O) groups excluding carboxylic acids is 2. The number of hydrogen-bond donors (Lipinski definition) is 1. The number of carbonyl (C=O) groups is 2. The Labute approximate surface area is 156 Å². The molecule has 2 heterocycles. The molecule has 1 aromatic carbocycles. The first-order valence-corrected chi connectivity index (χ1v) is 8.99. The van der Waals surface area contributed by atoms with Crippen molar-refractivity contribution in [2.75, 3.05) is 32.7 Å². The van der Waals surface area contributed by atoms with Crippen molar-refractivity contribution >= 4 is 34.4 Å². The molecule has 1 N–H and O–H groups in total. The van der Waals surface area contributed by atoms with Gasteiger partial charge in [0.25, 0.3) is 11.8 Å². The molecule has 2 amide bonds. The van der Waals surface area contributed by atoms with Gasteiger partial charge in [0.15, 0.2) is 0 Å². The maximum atomic E-state index is 12.9. The van der Waals surface area contributed by atoms with E-state index in [1.807, 2.05) is 42.6 Å². The number of benzene rings is 1. The van der Waals surface area contributed by atoms with Gasteiger partial charge in [0.1, 0.15) is 11.4 Å². The number of methoxy groups -OCH3 is 2. The molecule has 136 valence electrons. The molecule has 1 aliphatic rings. The summed E-state index contributed by atoms with van der Waals surface area (Å²) in [4.78, 5) is 27.7. The minimum atomic E-state index is -0.362. The van der Waals surface area contributed by atoms with Crippen molar-refractivity contribution in [2.24, 2.45) is 0 Å². The van der Waals surface area contributed by atoms with Crippen LogP contribution in [0.4, 0.5) is 5.69 Å². The van der Waals surface area contributed by atoms with Crippen molar-refractivity contribution in [3.63, 3.8) is 0 Å². The van der Waals surface area contributed by atoms with Gasteiger partial charge in [-0.25, -0.2) is 0 Å². The number of ether oxygens (including phenoxy) is 2. The Morgan fingerprint density at radius 2 is 1.96 bits per heavy atom. The van der Waals surface area contributed by atoms with E-state index in [1.165, 1.54) is 23.3 Å². The molecule has 3 rings (SSSR count). The van der Waals surface area contributed by atoms with Gasteiger partial charge in [0.05, 0.1) is 31.5 Å². The minimum absolute atomic E-state index is 0.208. The van der Waals surface area contributed by atoms with E-state index in [0.717, 1.165) is 10.4 Å². The predicted molar refractivity (Wildman–Crippen MR) is 101 cm³/mol. The van der Waals surface area contributed by atoms with Crippen molar-refractivity contribution in [1.82, 2.24) is 4.90 Å². The van der Waals surface area contributed by atoms with Crippen LogP contribution in [0.2, 0.25) is 0 Å². The Morgan fingerprint density at radius 1 is 1.15 bits per heavy atom. The van der Waals surface area contributed by atoms with Gasteiger partial charge in [-0.1, -0.05) is 12.1 Å². The normalized spacial score (nSPS) is 14.3. The highest BCUT2D eigenvalue weighted by Gasteiger charge is 2.39. The Bertz CT molecular complexity index is 858. The molecule has 0 unspecified atom stereocenters. The number of hydrogen-bond acceptors (Lipinski definition) is 6. The molecule has 0 atom stereocenters. The zero-order valence-electron chi connectivity index (χ0n) is 14.9. The minimum Gasteiger partial charge on any atom is -0.495 e. The second-order valence-corrected chi connectivity index (χ2v) is 6.76. The van der Waals surface area contributed by atoms with E-state index in [1.54, 1.807) is 7.11 Å². The van der Waals surface area contributed by atoms with Crippen molar-refractivity contribution in [3.8, 4) is 5.75 Å². The van der Waals surface area contributed by atoms with Crippen LogP contribution in [0.1, 0.15) is 10.4 Å². The smallest absolute Gasteiger partial charge is 0.278 e. The molecular weight excluding hydrogens is 352 g/mol. The molecule has 1 aromatic heterocycles. The van der Waals surface area contributed by atoms with Gasteiger partial charge in [-0.05, 0) is 36.1 Å². The summed E-state index contributed by atoms with van der Waals surface area (Å²) in [6, 6.07) is 9.32. The Morgan fingerprint density at radius 3 is 2.62 bits per heavy atom. The second-order valence-electron chi connectivity index (χ2n) is 5.81. The van der Waals surface area contributed by atoms with Crippen LogP contribution in [-0.2, 0) is 14.3 Å². The van der Waals surface area contributed by atoms with Crippen LogP contribution in [0.15, 0.2) is 41.4 Å². The van der Waals surface area contributed by atoms with E-state index in [-0.39, 0.29) is 30.7 Å². The summed E-state index contributed by atoms with van der Waals surface area (Å²) < 4.78 is 10.4. The molecule has 0 bridgehead atoms. The summed E-state index contributed by atoms with van der Waals surface area (Å²) in [5.41, 5.74) is 2.30. The fraction of sp³-hybridized carbons (Fsp3) is 0.263. The number of nitrogens with one attached hydrogen (secondary N) is 1. The van der Waals surface area contributed by atoms with E-state index < -0.39 is 0 Å². The monoisotopic (exact) mass is 372 g/mol. The van der Waals surface area contributed by atoms with Crippen molar-refractivity contribution < 1.29 is 19.1 Å². The van der Waals surface area contributed by atoms with Crippen LogP contribution in [-0.4, -0.2) is 44.1 Å². The molecule has 0 spiro atoms. The molecule has 1 aliphatic heterocycles. The Balaban J connectivity index is 2.04. The predicted octanol–water partition coefficient (Wildman–Crippen LogP) is 2.90. The first-order chi connectivity index (χ1) is 12.6. The van der Waals surface area contributed by atoms with Crippen LogP contribution in [0.5, 0.6) is 5.75 Å². The Hall–Kier alpha value is -2.64. The summed E-state index contributed by atoms with van der Waals surface area (Å²) in [5, 5.41) is 5.01. The lowest BCUT2D eigenvalue weighted by atomic mass is 10.1. The van der Waals surface area contributed by atoms with Crippen LogP contribution >= 0.6 is 11.3 Å². The number of amides is 2. The summed E-state index contributed by atoms with van der Waals surface area (Å²) in [7, 11) is 3.10. The summed E-state index contributed by atoms with van der Waals surface area (Å²) >= 11 is 1.42. The van der Waals surface area contributed by atoms with Gasteiger partial charge in [-0.3, -0.25) is 14.5 Å². The van der Waals surface area contributed by atoms with Gasteiger partial charge in [0.2, 0.25) is 0 Å². The number of aryl methyl sites for hydroxylation is 1. The van der Waals surface area contributed by atoms with Gasteiger partial charge in [-0.15, -0.1) is 11.3 Å². The number of imide groups is 1. The summed E-state index contributed by atoms with van der Waals surface area (Å²) in [5.74, 6) is -0.0770. The van der Waals surface area contributed by atoms with E-state index in [4.69, 9.17) is 9.47 Å². The lowest BCUT2D eigenvalue weighted by Crippen LogP contribution is -2.35. The van der Waals surface area contributed by atoms with Gasteiger partial charge in [-0.2, -0.15) is 0 Å². The van der Waals surface area contributed by atoms with E-state index >= 15 is 0 Å². The largest absolute Gasteiger partial charge is 0.495 e. The van der Waals surface area contributed by atoms with Crippen LogP contribution in [0.3, 0.4) is 0 Å². The van der Waals surface area contributed by atoms with Crippen LogP contribution in [0.25, 0.3) is 5.57 Å². The highest BCUT2D eigenvalue weighted by molar-refractivity contribution is 7.11. The van der Waals surface area contributed by atoms with Gasteiger partial charge < -0.3 is 14.8 Å². The first-order valence-electron chi connectivity index (χ1n) is 8.11. The average Bonchev–Trinajstić information content (AvgIpc) is 3.22. The topological polar surface area (TPSA) is 67.9 Å². The number of nitrogens with zero attached hydrogens (tertiary/aromatic N) is 1. The molecule has 0 radical (unpaired) electrons. The lowest BCUT2D eigenvalue weighted by molar-refractivity contribution is -0.137. The molecule has 7 heteroatoms. The highest BCUT2D eigenvalue weighted by atomic mass is 32.1. The zero-order valence-corrected chi connectivity index (χ0v) is 15.7. The standard InChI is InChI=1S/C19H20N2O4S/c1-12-6-7-14(25-3)13(11-12)20-17-16(15-5-4-10-26-15)18(22)21(19(17)23)8-9-24-2/h4-7,10-11,20H,8-9H2,1-3H3. The van der Waals surface area contributed by atoms with Crippen molar-refractivity contribution in [3.05, 3.63) is 51.8 Å². The fourth-order valence-corrected chi connectivity index (χ4v) is 3.55. The van der Waals surface area contributed by atoms with E-state index in [2.05, 4.69) is 5.32 Å². The van der Waals surface area contributed by atoms with E-state index in [0.29, 0.717) is 17.0 Å². The van der Waals surface area contributed by atoms with Crippen molar-refractivity contribution in [1.29, 1.82) is 0 Å². The average molecular weight is 372 g/mol. The van der Waals surface area contributed by atoms with Crippen molar-refractivity contribution in [2.45, 2.75) is 6.92 Å². The van der Waals surface area contributed by atoms with Gasteiger partial charge >= 0.3 is 0 Å². The zero-order chi connectivity index (χ0) is 18.7. The molecule has 0 aliphatic carbocycles. The molecular formula is C19H20N2O4S. The molecule has 0 fully saturated rings.